The van der Waals surface area contributed by atoms with Crippen molar-refractivity contribution in [1.82, 2.24) is 89.7 Å². The van der Waals surface area contributed by atoms with Crippen molar-refractivity contribution < 1.29 is 0 Å². The van der Waals surface area contributed by atoms with Gasteiger partial charge in [-0.05, 0) is 6.92 Å². The average molecular weight is 885 g/mol. The number of hydrogen-bond acceptors (Lipinski definition) is 36. The molecule has 0 fully saturated rings. The monoisotopic (exact) mass is 884 g/mol. The summed E-state index contributed by atoms with van der Waals surface area (Å²) in [6, 6.07) is 0. The molecule has 0 aliphatic carbocycles. The van der Waals surface area contributed by atoms with Crippen molar-refractivity contribution in [2.45, 2.75) is 6.92 Å². The Balaban J connectivity index is 1.72. The normalized spacial score (nSPS) is 16.6. The van der Waals surface area contributed by atoms with Gasteiger partial charge in [0, 0.05) is 0 Å². The molecule has 1 atom stereocenters. The lowest BCUT2D eigenvalue weighted by Crippen LogP contribution is -2.21. The first kappa shape index (κ1) is 39.6. The summed E-state index contributed by atoms with van der Waals surface area (Å²) in [5.41, 5.74) is 65.2. The fourth-order valence-corrected chi connectivity index (χ4v) is 14.7. The number of nitrogens with one attached hydrogen (secondary N) is 6. The lowest BCUT2D eigenvalue weighted by Gasteiger charge is -2.33. The second-order valence-corrected chi connectivity index (χ2v) is 18.1. The third-order valence-corrected chi connectivity index (χ3v) is 15.4. The zero-order chi connectivity index (χ0) is 43.0. The molecule has 28 N–H and O–H groups in total. The zero-order valence-corrected chi connectivity index (χ0v) is 32.8. The van der Waals surface area contributed by atoms with Gasteiger partial charge < -0.3 is 68.1 Å². The number of nitrogens with two attached hydrogens (primary N) is 11. The topological polar surface area (TPSA) is 634 Å². The van der Waals surface area contributed by atoms with E-state index in [-0.39, 0.29) is 101 Å². The van der Waals surface area contributed by atoms with Crippen molar-refractivity contribution in [1.29, 1.82) is 0 Å². The molecule has 312 valence electrons. The van der Waals surface area contributed by atoms with Crippen LogP contribution in [-0.4, -0.2) is 89.7 Å². The van der Waals surface area contributed by atoms with Crippen LogP contribution >= 0.6 is 22.5 Å². The van der Waals surface area contributed by atoms with Gasteiger partial charge in [-0.1, -0.05) is 0 Å². The minimum absolute atomic E-state index is 0.130. The predicted octanol–water partition coefficient (Wildman–Crippen LogP) is -3.82. The van der Waals surface area contributed by atoms with Gasteiger partial charge in [-0.15, -0.1) is 0 Å². The van der Waals surface area contributed by atoms with Crippen molar-refractivity contribution in [3.05, 3.63) is 17.1 Å². The van der Waals surface area contributed by atoms with Gasteiger partial charge in [0.15, 0.2) is 0 Å². The molecule has 0 saturated carbocycles. The number of hydrogen-bond donors (Lipinski definition) is 17. The lowest BCUT2D eigenvalue weighted by atomic mass is 10.7. The summed E-state index contributed by atoms with van der Waals surface area (Å²) in [4.78, 5) is 70.8. The maximum absolute atomic E-state index is 6.08. The Kier molecular flexibility index (Phi) is 9.91. The van der Waals surface area contributed by atoms with Crippen LogP contribution in [0.15, 0.2) is 23.1 Å². The second-order valence-electron chi connectivity index (χ2n) is 11.2. The molecule has 6 aromatic heterocycles. The smallest absolute Gasteiger partial charge is 0.317 e. The minimum atomic E-state index is -4.52. The first-order valence-corrected chi connectivity index (χ1v) is 20.8. The van der Waals surface area contributed by atoms with Crippen LogP contribution in [0.25, 0.3) is 0 Å². The molecule has 0 amide bonds. The van der Waals surface area contributed by atoms with Crippen LogP contribution in [0.4, 0.5) is 89.2 Å². The Hall–Kier alpha value is -8.65. The van der Waals surface area contributed by atoms with Gasteiger partial charge in [0.2, 0.25) is 89.2 Å². The maximum Gasteiger partial charge on any atom is 0.317 e. The zero-order valence-electron chi connectivity index (χ0n) is 30.1. The molecule has 1 unspecified atom stereocenters. The summed E-state index contributed by atoms with van der Waals surface area (Å²) in [5, 5.41) is 12.0. The third-order valence-electron chi connectivity index (χ3n) is 6.40. The molecule has 60 heavy (non-hydrogen) atoms. The molecule has 1 aliphatic rings. The van der Waals surface area contributed by atoms with Crippen molar-refractivity contribution >= 4 is 112 Å². The Labute approximate surface area is 331 Å². The summed E-state index contributed by atoms with van der Waals surface area (Å²) in [5.74, 6) is -4.39. The van der Waals surface area contributed by atoms with Gasteiger partial charge in [-0.25, -0.2) is 0 Å². The summed E-state index contributed by atoms with van der Waals surface area (Å²) >= 11 is 0. The molecule has 0 saturated heterocycles. The summed E-state index contributed by atoms with van der Waals surface area (Å²) in [6.45, 7) is 1.57. The number of H-pyrrole nitrogens is 2. The van der Waals surface area contributed by atoms with Crippen LogP contribution in [0, 0.1) is 6.92 Å². The highest BCUT2D eigenvalue weighted by Crippen LogP contribution is 2.77. The quantitative estimate of drug-likeness (QED) is 0.0586. The molecular formula is C19H31N38P3. The van der Waals surface area contributed by atoms with Crippen molar-refractivity contribution in [2.75, 3.05) is 83.4 Å². The van der Waals surface area contributed by atoms with Crippen LogP contribution in [0.1, 0.15) is 5.82 Å². The highest BCUT2D eigenvalue weighted by atomic mass is 31.3. The maximum atomic E-state index is 6.08. The predicted molar refractivity (Wildman–Crippen MR) is 219 cm³/mol. The van der Waals surface area contributed by atoms with Gasteiger partial charge in [0.1, 0.15) is 5.82 Å². The first-order chi connectivity index (χ1) is 28.3. The fraction of sp³-hybridized carbons (Fsp3) is 0.0526. The molecule has 41 heteroatoms. The van der Waals surface area contributed by atoms with Gasteiger partial charge in [-0.2, -0.15) is 103 Å². The number of aromatic amines is 2. The van der Waals surface area contributed by atoms with E-state index in [4.69, 9.17) is 86.1 Å². The highest BCUT2D eigenvalue weighted by Gasteiger charge is 2.41. The van der Waals surface area contributed by atoms with Gasteiger partial charge in [0.25, 0.3) is 26.2 Å². The standard InChI is InChI=1S/C19H31N38P3/c1-2-31-3(20)38-14(32-2)49-58(50-15-39-4(21)33-5(22)40-15)55-59(51-16-41-6(23)34-7(24)42-16,52-17-43-8(25)35-9(26)44-17)57-60(56-58,53-18-45-10(27)36-11(28)46-18)54-19-47-12(29)37-13(30)48-19/h1H3,(H3,20,31,32,38,49)(H5,21,22,33,39,40,50)(H5,23,24,34,41,42,51)(H5,25,26,35,43,44,52)(H5,27,28,36,45,46,53)(H5,29,30,37,47,48,54). The van der Waals surface area contributed by atoms with E-state index in [0.717, 1.165) is 0 Å². The van der Waals surface area contributed by atoms with Crippen molar-refractivity contribution in [3.8, 4) is 0 Å². The second kappa shape index (κ2) is 15.0. The van der Waals surface area contributed by atoms with Crippen molar-refractivity contribution in [2.24, 2.45) is 23.1 Å². The van der Waals surface area contributed by atoms with Crippen LogP contribution in [-0.2, 0) is 0 Å². The molecule has 6 aromatic rings. The van der Waals surface area contributed by atoms with Crippen LogP contribution in [0.5, 0.6) is 0 Å². The molecule has 0 bridgehead atoms. The molecule has 1 aliphatic heterocycles. The van der Waals surface area contributed by atoms with E-state index in [1.54, 1.807) is 6.92 Å². The van der Waals surface area contributed by atoms with Crippen LogP contribution in [0.3, 0.4) is 0 Å². The molecule has 0 aromatic carbocycles. The Morgan fingerprint density at radius 3 is 1.00 bits per heavy atom. The van der Waals surface area contributed by atoms with Gasteiger partial charge in [0.05, 0.1) is 0 Å². The van der Waals surface area contributed by atoms with Crippen LogP contribution in [0.2, 0.25) is 0 Å². The number of nitrogens with zero attached hydrogens (tertiary/aromatic N) is 21. The number of rotatable bonds is 10. The fourth-order valence-electron chi connectivity index (χ4n) is 4.60. The minimum Gasteiger partial charge on any atom is -0.369 e. The summed E-state index contributed by atoms with van der Waals surface area (Å²) in [6.07, 6.45) is 0. The van der Waals surface area contributed by atoms with E-state index in [9.17, 15) is 0 Å². The molecule has 7 heterocycles. The molecule has 0 spiro atoms. The molecular weight excluding hydrogens is 853 g/mol. The number of nitrogen functional groups attached to an aromatic ring is 11. The van der Waals surface area contributed by atoms with E-state index < -0.39 is 28.1 Å². The number of aromatic nitrogens is 18. The largest absolute Gasteiger partial charge is 0.369 e. The molecule has 7 rings (SSSR count). The van der Waals surface area contributed by atoms with Gasteiger partial charge >= 0.3 is 7.51 Å². The first-order valence-electron chi connectivity index (χ1n) is 15.8. The summed E-state index contributed by atoms with van der Waals surface area (Å²) in [7, 11) is -13.3. The van der Waals surface area contributed by atoms with E-state index in [0.29, 0.717) is 0 Å². The number of aryl methyl sites for hydroxylation is 1. The lowest BCUT2D eigenvalue weighted by molar-refractivity contribution is 0.914. The third kappa shape index (κ3) is 9.30. The summed E-state index contributed by atoms with van der Waals surface area (Å²) < 4.78 is 24.6. The molecule has 38 nitrogen and oxygen atoms in total. The van der Waals surface area contributed by atoms with Gasteiger partial charge in [-0.3, -0.25) is 25.3 Å². The number of anilines is 15. The van der Waals surface area contributed by atoms with E-state index >= 15 is 0 Å². The van der Waals surface area contributed by atoms with E-state index in [2.05, 4.69) is 110 Å². The molecule has 0 radical (unpaired) electrons. The average Bonchev–Trinajstić information content (AvgIpc) is 3.04. The van der Waals surface area contributed by atoms with E-state index in [1.807, 2.05) is 0 Å². The Morgan fingerprint density at radius 1 is 0.367 bits per heavy atom. The van der Waals surface area contributed by atoms with E-state index in [1.165, 1.54) is 0 Å². The highest BCUT2D eigenvalue weighted by molar-refractivity contribution is 7.88. The SMILES string of the molecule is Cc1nc(=NP2(N=c3nc(N)[nH]c(N)n3)=NP(Nc3nc(N)nc(N)n3)(Nc3nc(N)nc(N)n3)=NP(Nc3nc(N)nc(N)n3)(Nc3nc(N)nc(N)n3)=N2)nc(N)[nH]1. The Morgan fingerprint density at radius 2 is 0.667 bits per heavy atom. The van der Waals surface area contributed by atoms with Crippen LogP contribution < -0.4 is 94.7 Å². The van der Waals surface area contributed by atoms with Crippen molar-refractivity contribution in [3.63, 3.8) is 0 Å². The Bertz CT molecular complexity index is 2560.